The van der Waals surface area contributed by atoms with Gasteiger partial charge in [-0.3, -0.25) is 4.79 Å². The van der Waals surface area contributed by atoms with Crippen molar-refractivity contribution < 1.29 is 11.3 Å². The lowest BCUT2D eigenvalue weighted by Gasteiger charge is -1.99. The molecule has 0 aromatic heterocycles. The number of rotatable bonds is 2. The third kappa shape index (κ3) is 2.29. The Morgan fingerprint density at radius 1 is 1.64 bits per heavy atom. The van der Waals surface area contributed by atoms with Gasteiger partial charge in [-0.05, 0) is 24.3 Å². The summed E-state index contributed by atoms with van der Waals surface area (Å²) in [6.07, 6.45) is 0. The van der Waals surface area contributed by atoms with Gasteiger partial charge < -0.3 is 10.4 Å². The molecule has 0 saturated carbocycles. The summed E-state index contributed by atoms with van der Waals surface area (Å²) in [5.41, 5.74) is 0.452. The van der Waals surface area contributed by atoms with Crippen molar-refractivity contribution in [1.82, 2.24) is 0 Å². The zero-order valence-corrected chi connectivity index (χ0v) is 6.07. The van der Waals surface area contributed by atoms with Crippen LogP contribution in [-0.2, 0) is 4.79 Å². The molecular formula is C8H9NO2. The molecule has 0 bridgehead atoms. The smallest absolute Gasteiger partial charge is 0.293 e. The summed E-state index contributed by atoms with van der Waals surface area (Å²) in [6.45, 7) is 1.31. The van der Waals surface area contributed by atoms with Crippen LogP contribution in [0.4, 0.5) is 5.69 Å². The number of benzene rings is 1. The van der Waals surface area contributed by atoms with E-state index in [2.05, 4.69) is 5.11 Å². The largest absolute Gasteiger partial charge is 0.508 e. The third-order valence-electron chi connectivity index (χ3n) is 1.12. The summed E-state index contributed by atoms with van der Waals surface area (Å²) in [7, 11) is 0. The molecular weight excluding hydrogens is 142 g/mol. The van der Waals surface area contributed by atoms with Gasteiger partial charge in [0.1, 0.15) is 5.75 Å². The first-order chi connectivity index (χ1) is 6.15. The highest BCUT2D eigenvalue weighted by atomic mass is 16.3. The van der Waals surface area contributed by atoms with Gasteiger partial charge in [0.25, 0.3) is 1.43 Å². The second kappa shape index (κ2) is 3.05. The normalized spacial score (nSPS) is 11.4. The summed E-state index contributed by atoms with van der Waals surface area (Å²) in [5.74, 6) is 0.0141. The summed E-state index contributed by atoms with van der Waals surface area (Å²) >= 11 is 0. The third-order valence-corrected chi connectivity index (χ3v) is 1.12. The molecule has 1 aromatic rings. The summed E-state index contributed by atoms with van der Waals surface area (Å²) < 4.78 is 13.9. The van der Waals surface area contributed by atoms with Crippen LogP contribution in [0.5, 0.6) is 5.75 Å². The lowest BCUT2D eigenvalue weighted by Crippen LogP contribution is -2.04. The summed E-state index contributed by atoms with van der Waals surface area (Å²) in [6, 6.07) is 6.12. The number of hydrogen-bond acceptors (Lipinski definition) is 2. The molecule has 58 valence electrons. The van der Waals surface area contributed by atoms with E-state index in [-0.39, 0.29) is 5.91 Å². The summed E-state index contributed by atoms with van der Waals surface area (Å²) in [5, 5.41) is 4.97. The van der Waals surface area contributed by atoms with Crippen molar-refractivity contribution in [2.24, 2.45) is 0 Å². The average Bonchev–Trinajstić information content (AvgIpc) is 2.17. The average molecular weight is 153 g/mol. The van der Waals surface area contributed by atoms with E-state index in [1.165, 1.54) is 31.2 Å². The first-order valence-electron chi connectivity index (χ1n) is 4.03. The highest BCUT2D eigenvalue weighted by molar-refractivity contribution is 5.88. The predicted octanol–water partition coefficient (Wildman–Crippen LogP) is 1.35. The topological polar surface area (TPSA) is 49.3 Å². The van der Waals surface area contributed by atoms with Crippen molar-refractivity contribution in [2.75, 3.05) is 5.31 Å². The van der Waals surface area contributed by atoms with Gasteiger partial charge in [0, 0.05) is 12.6 Å². The number of carbonyl (C=O) groups excluding carboxylic acids is 1. The lowest BCUT2D eigenvalue weighted by atomic mass is 10.3. The number of nitrogens with one attached hydrogen (secondary N) is 1. The highest BCUT2D eigenvalue weighted by Crippen LogP contribution is 2.13. The number of phenols is 1. The summed E-state index contributed by atoms with van der Waals surface area (Å²) in [4.78, 5) is 10.8. The number of aromatic hydroxyl groups is 1. The van der Waals surface area contributed by atoms with E-state index in [1.807, 2.05) is 0 Å². The molecule has 0 saturated heterocycles. The molecule has 0 aliphatic heterocycles. The molecule has 2 N–H and O–H groups in total. The Balaban J connectivity index is 2.85. The van der Waals surface area contributed by atoms with E-state index in [0.29, 0.717) is 11.4 Å². The van der Waals surface area contributed by atoms with Gasteiger partial charge in [0.05, 0.1) is 0 Å². The fourth-order valence-electron chi connectivity index (χ4n) is 0.702. The van der Waals surface area contributed by atoms with Crippen molar-refractivity contribution in [3.8, 4) is 5.75 Å². The first kappa shape index (κ1) is 5.18. The molecule has 1 aromatic carbocycles. The quantitative estimate of drug-likeness (QED) is 0.630. The van der Waals surface area contributed by atoms with Crippen LogP contribution in [0.1, 0.15) is 6.92 Å². The Bertz CT molecular complexity index is 300. The van der Waals surface area contributed by atoms with Crippen molar-refractivity contribution in [3.05, 3.63) is 24.3 Å². The minimum absolute atomic E-state index is 0.362. The number of anilines is 1. The van der Waals surface area contributed by atoms with Gasteiger partial charge in [-0.15, -0.1) is 0 Å². The van der Waals surface area contributed by atoms with Gasteiger partial charge in [0.15, 0.2) is 1.41 Å². The van der Waals surface area contributed by atoms with Gasteiger partial charge in [-0.1, -0.05) is 0 Å². The first-order valence-corrected chi connectivity index (χ1v) is 3.18. The molecule has 0 aliphatic rings. The van der Waals surface area contributed by atoms with Crippen molar-refractivity contribution >= 4 is 11.6 Å². The Morgan fingerprint density at radius 3 is 2.73 bits per heavy atom. The van der Waals surface area contributed by atoms with E-state index in [9.17, 15) is 4.79 Å². The Kier molecular flexibility index (Phi) is 1.44. The van der Waals surface area contributed by atoms with Crippen LogP contribution in [0.25, 0.3) is 0 Å². The van der Waals surface area contributed by atoms with E-state index < -0.39 is 0 Å². The van der Waals surface area contributed by atoms with E-state index in [1.54, 1.807) is 0 Å². The maximum Gasteiger partial charge on any atom is 0.293 e. The molecule has 0 atom stereocenters. The van der Waals surface area contributed by atoms with Gasteiger partial charge in [-0.25, -0.2) is 0 Å². The van der Waals surface area contributed by atoms with Crippen LogP contribution in [0.2, 0.25) is 1.41 Å². The van der Waals surface area contributed by atoms with Crippen LogP contribution in [0, 0.1) is 0 Å². The zero-order valence-electron chi connectivity index (χ0n) is 8.07. The Labute approximate surface area is 67.6 Å². The van der Waals surface area contributed by atoms with Crippen LogP contribution < -0.4 is 5.31 Å². The standard InChI is InChI=1S/C8H9NO2/c1-6(10)9-7-2-4-8(11)5-3-7/h2-5,11H,1H3,(H,9,10)/i/hD2. The Hall–Kier alpha value is -1.51. The van der Waals surface area contributed by atoms with Crippen molar-refractivity contribution in [1.29, 1.82) is 1.43 Å². The molecule has 0 aliphatic carbocycles. The van der Waals surface area contributed by atoms with E-state index >= 15 is 0 Å². The molecule has 0 fully saturated rings. The maximum absolute atomic E-state index is 10.8. The SMILES string of the molecule is [2H]Oc1ccc(N([2H])C(C)=O)cc1. The monoisotopic (exact) mass is 153 g/mol. The molecule has 0 unspecified atom stereocenters. The minimum Gasteiger partial charge on any atom is -0.508 e. The van der Waals surface area contributed by atoms with Crippen molar-refractivity contribution in [3.63, 3.8) is 0 Å². The van der Waals surface area contributed by atoms with Crippen LogP contribution in [0.15, 0.2) is 24.3 Å². The second-order valence-electron chi connectivity index (χ2n) is 2.12. The molecule has 0 radical (unpaired) electrons. The molecule has 0 spiro atoms. The van der Waals surface area contributed by atoms with Gasteiger partial charge in [0.2, 0.25) is 5.91 Å². The fourth-order valence-corrected chi connectivity index (χ4v) is 0.702. The molecule has 0 heterocycles. The Morgan fingerprint density at radius 2 is 2.27 bits per heavy atom. The molecule has 1 amide bonds. The van der Waals surface area contributed by atoms with E-state index in [0.717, 1.165) is 5.31 Å². The minimum atomic E-state index is -0.362. The maximum atomic E-state index is 10.8. The van der Waals surface area contributed by atoms with Crippen LogP contribution in [-0.4, -0.2) is 12.4 Å². The number of carbonyl (C=O) groups is 1. The predicted molar refractivity (Wildman–Crippen MR) is 42.4 cm³/mol. The van der Waals surface area contributed by atoms with Crippen molar-refractivity contribution in [2.45, 2.75) is 6.92 Å². The van der Waals surface area contributed by atoms with Crippen LogP contribution in [0.3, 0.4) is 0 Å². The van der Waals surface area contributed by atoms with E-state index in [4.69, 9.17) is 2.84 Å². The van der Waals surface area contributed by atoms with Crippen LogP contribution >= 0.6 is 0 Å². The highest BCUT2D eigenvalue weighted by Gasteiger charge is 1.93. The zero-order chi connectivity index (χ0) is 9.84. The second-order valence-corrected chi connectivity index (χ2v) is 2.12. The van der Waals surface area contributed by atoms with Gasteiger partial charge in [-0.2, -0.15) is 0 Å². The number of hydrogen-bond donors (Lipinski definition) is 2. The number of phenolic OH excluding ortho intramolecular Hbond substituents is 1. The lowest BCUT2D eigenvalue weighted by molar-refractivity contribution is -0.114. The van der Waals surface area contributed by atoms with Gasteiger partial charge >= 0.3 is 0 Å². The molecule has 11 heavy (non-hydrogen) atoms. The fraction of sp³-hybridized carbons (Fsp3) is 0.125. The molecule has 3 nitrogen and oxygen atoms in total. The molecule has 3 heteroatoms. The number of amides is 1. The molecule has 1 rings (SSSR count).